The van der Waals surface area contributed by atoms with Gasteiger partial charge in [0.1, 0.15) is 0 Å². The van der Waals surface area contributed by atoms with E-state index in [4.69, 9.17) is 0 Å². The van der Waals surface area contributed by atoms with Crippen molar-refractivity contribution in [3.8, 4) is 0 Å². The van der Waals surface area contributed by atoms with Crippen molar-refractivity contribution in [2.45, 2.75) is 12.7 Å². The first kappa shape index (κ1) is 10.1. The van der Waals surface area contributed by atoms with Crippen LogP contribution in [0.3, 0.4) is 0 Å². The minimum Gasteiger partial charge on any atom is -0.465 e. The fourth-order valence-electron chi connectivity index (χ4n) is 1.85. The van der Waals surface area contributed by atoms with E-state index in [-0.39, 0.29) is 0 Å². The Morgan fingerprint density at radius 2 is 2.40 bits per heavy atom. The molecule has 0 aliphatic carbocycles. The molecule has 15 heavy (non-hydrogen) atoms. The zero-order valence-electron chi connectivity index (χ0n) is 8.42. The highest BCUT2D eigenvalue weighted by Crippen LogP contribution is 2.27. The Labute approximate surface area is 87.2 Å². The highest BCUT2D eigenvalue weighted by Gasteiger charge is 2.25. The Balaban J connectivity index is 2.51. The van der Waals surface area contributed by atoms with Gasteiger partial charge in [-0.1, -0.05) is 12.1 Å². The van der Waals surface area contributed by atoms with Gasteiger partial charge in [0.05, 0.1) is 12.7 Å². The summed E-state index contributed by atoms with van der Waals surface area (Å²) in [5.74, 6) is -0.488. The van der Waals surface area contributed by atoms with Crippen molar-refractivity contribution in [1.29, 1.82) is 0 Å². The van der Waals surface area contributed by atoms with Crippen molar-refractivity contribution in [1.82, 2.24) is 5.32 Å². The van der Waals surface area contributed by atoms with E-state index in [2.05, 4.69) is 10.1 Å². The summed E-state index contributed by atoms with van der Waals surface area (Å²) in [6.07, 6.45) is -0.537. The first-order chi connectivity index (χ1) is 7.24. The molecule has 0 amide bonds. The fraction of sp³-hybridized carbons (Fsp3) is 0.364. The van der Waals surface area contributed by atoms with Crippen LogP contribution in [0.1, 0.15) is 27.8 Å². The molecule has 1 aliphatic heterocycles. The van der Waals surface area contributed by atoms with Crippen LogP contribution in [0.4, 0.5) is 4.39 Å². The van der Waals surface area contributed by atoms with Crippen molar-refractivity contribution in [2.75, 3.05) is 13.7 Å². The first-order valence-electron chi connectivity index (χ1n) is 4.81. The largest absolute Gasteiger partial charge is 0.465 e. The van der Waals surface area contributed by atoms with Gasteiger partial charge in [0, 0.05) is 12.1 Å². The van der Waals surface area contributed by atoms with Crippen molar-refractivity contribution in [3.63, 3.8) is 0 Å². The molecule has 1 N–H and O–H groups in total. The lowest BCUT2D eigenvalue weighted by molar-refractivity contribution is 0.0595. The van der Waals surface area contributed by atoms with Crippen LogP contribution in [0.25, 0.3) is 0 Å². The van der Waals surface area contributed by atoms with Crippen LogP contribution in [0, 0.1) is 0 Å². The summed E-state index contributed by atoms with van der Waals surface area (Å²) < 4.78 is 18.2. The summed E-state index contributed by atoms with van der Waals surface area (Å²) in [7, 11) is 1.30. The highest BCUT2D eigenvalue weighted by atomic mass is 19.1. The van der Waals surface area contributed by atoms with Crippen LogP contribution in [-0.4, -0.2) is 19.6 Å². The SMILES string of the molecule is COC(=O)c1cccc2c1C(F)NCC2. The van der Waals surface area contributed by atoms with E-state index in [1.165, 1.54) is 7.11 Å². The van der Waals surface area contributed by atoms with Gasteiger partial charge in [0.2, 0.25) is 0 Å². The number of rotatable bonds is 1. The molecule has 0 saturated heterocycles. The summed E-state index contributed by atoms with van der Waals surface area (Å²) in [4.78, 5) is 11.4. The van der Waals surface area contributed by atoms with Gasteiger partial charge in [0.25, 0.3) is 0 Å². The van der Waals surface area contributed by atoms with Crippen LogP contribution in [0.5, 0.6) is 0 Å². The third-order valence-corrected chi connectivity index (χ3v) is 2.57. The fourth-order valence-corrected chi connectivity index (χ4v) is 1.85. The van der Waals surface area contributed by atoms with Gasteiger partial charge in [-0.15, -0.1) is 0 Å². The third-order valence-electron chi connectivity index (χ3n) is 2.57. The van der Waals surface area contributed by atoms with E-state index in [1.54, 1.807) is 12.1 Å². The molecule has 1 atom stereocenters. The maximum absolute atomic E-state index is 13.6. The molecular weight excluding hydrogens is 197 g/mol. The molecule has 4 heteroatoms. The number of esters is 1. The number of methoxy groups -OCH3 is 1. The van der Waals surface area contributed by atoms with Crippen LogP contribution >= 0.6 is 0 Å². The Bertz CT molecular complexity index is 392. The van der Waals surface area contributed by atoms with Crippen LogP contribution in [0.15, 0.2) is 18.2 Å². The minimum absolute atomic E-state index is 0.315. The molecule has 1 unspecified atom stereocenters. The third kappa shape index (κ3) is 1.72. The zero-order chi connectivity index (χ0) is 10.8. The van der Waals surface area contributed by atoms with Gasteiger partial charge in [-0.3, -0.25) is 5.32 Å². The molecule has 2 rings (SSSR count). The second-order valence-corrected chi connectivity index (χ2v) is 3.44. The predicted molar refractivity (Wildman–Crippen MR) is 53.3 cm³/mol. The lowest BCUT2D eigenvalue weighted by Gasteiger charge is -2.22. The lowest BCUT2D eigenvalue weighted by atomic mass is 9.95. The number of alkyl halides is 1. The van der Waals surface area contributed by atoms with E-state index >= 15 is 0 Å². The van der Waals surface area contributed by atoms with Gasteiger partial charge in [-0.05, 0) is 18.1 Å². The molecule has 0 spiro atoms. The Morgan fingerprint density at radius 3 is 3.13 bits per heavy atom. The second kappa shape index (κ2) is 3.98. The number of carbonyl (C=O) groups excluding carboxylic acids is 1. The van der Waals surface area contributed by atoms with Gasteiger partial charge < -0.3 is 4.74 Å². The Hall–Kier alpha value is -1.42. The summed E-state index contributed by atoms with van der Waals surface area (Å²) in [5.41, 5.74) is 1.62. The molecule has 1 aromatic rings. The standard InChI is InChI=1S/C11H12FNO2/c1-15-11(14)8-4-2-3-7-5-6-13-10(12)9(7)8/h2-4,10,13H,5-6H2,1H3. The van der Waals surface area contributed by atoms with Crippen molar-refractivity contribution in [2.24, 2.45) is 0 Å². The maximum atomic E-state index is 13.6. The van der Waals surface area contributed by atoms with E-state index in [1.807, 2.05) is 6.07 Å². The molecule has 0 fully saturated rings. The topological polar surface area (TPSA) is 38.3 Å². The second-order valence-electron chi connectivity index (χ2n) is 3.44. The van der Waals surface area contributed by atoms with Crippen LogP contribution < -0.4 is 5.32 Å². The summed E-state index contributed by atoms with van der Waals surface area (Å²) in [5, 5.41) is 2.68. The molecule has 80 valence electrons. The molecular formula is C11H12FNO2. The first-order valence-corrected chi connectivity index (χ1v) is 4.81. The zero-order valence-corrected chi connectivity index (χ0v) is 8.42. The Morgan fingerprint density at radius 1 is 1.60 bits per heavy atom. The number of carbonyl (C=O) groups is 1. The Kier molecular flexibility index (Phi) is 2.68. The number of hydrogen-bond acceptors (Lipinski definition) is 3. The summed E-state index contributed by atoms with van der Waals surface area (Å²) in [6, 6.07) is 5.18. The molecule has 1 aliphatic rings. The van der Waals surface area contributed by atoms with Gasteiger partial charge >= 0.3 is 5.97 Å². The van der Waals surface area contributed by atoms with E-state index in [9.17, 15) is 9.18 Å². The molecule has 1 heterocycles. The monoisotopic (exact) mass is 209 g/mol. The van der Waals surface area contributed by atoms with E-state index < -0.39 is 12.3 Å². The number of hydrogen-bond donors (Lipinski definition) is 1. The number of ether oxygens (including phenoxy) is 1. The lowest BCUT2D eigenvalue weighted by Crippen LogP contribution is -2.29. The highest BCUT2D eigenvalue weighted by molar-refractivity contribution is 5.91. The number of nitrogens with one attached hydrogen (secondary N) is 1. The molecule has 0 radical (unpaired) electrons. The van der Waals surface area contributed by atoms with Crippen LogP contribution in [0.2, 0.25) is 0 Å². The molecule has 0 saturated carbocycles. The van der Waals surface area contributed by atoms with Crippen molar-refractivity contribution < 1.29 is 13.9 Å². The number of fused-ring (bicyclic) bond motifs is 1. The van der Waals surface area contributed by atoms with E-state index in [0.29, 0.717) is 17.7 Å². The summed E-state index contributed by atoms with van der Waals surface area (Å²) in [6.45, 7) is 0.596. The van der Waals surface area contributed by atoms with E-state index in [0.717, 1.165) is 12.0 Å². The molecule has 3 nitrogen and oxygen atoms in total. The van der Waals surface area contributed by atoms with Gasteiger partial charge in [0.15, 0.2) is 6.30 Å². The summed E-state index contributed by atoms with van der Waals surface area (Å²) >= 11 is 0. The average molecular weight is 209 g/mol. The quantitative estimate of drug-likeness (QED) is 0.563. The normalized spacial score (nSPS) is 19.5. The number of halogens is 1. The minimum atomic E-state index is -1.27. The van der Waals surface area contributed by atoms with Gasteiger partial charge in [-0.25, -0.2) is 9.18 Å². The van der Waals surface area contributed by atoms with Crippen LogP contribution in [-0.2, 0) is 11.2 Å². The average Bonchev–Trinajstić information content (AvgIpc) is 2.28. The predicted octanol–water partition coefficient (Wildman–Crippen LogP) is 1.59. The number of benzene rings is 1. The van der Waals surface area contributed by atoms with Gasteiger partial charge in [-0.2, -0.15) is 0 Å². The smallest absolute Gasteiger partial charge is 0.338 e. The molecule has 1 aromatic carbocycles. The molecule has 0 aromatic heterocycles. The maximum Gasteiger partial charge on any atom is 0.338 e. The van der Waals surface area contributed by atoms with Crippen molar-refractivity contribution >= 4 is 5.97 Å². The van der Waals surface area contributed by atoms with Crippen molar-refractivity contribution in [3.05, 3.63) is 34.9 Å². The molecule has 0 bridgehead atoms.